The van der Waals surface area contributed by atoms with Crippen LogP contribution in [0.3, 0.4) is 0 Å². The van der Waals surface area contributed by atoms with Gasteiger partial charge in [-0.3, -0.25) is 0 Å². The van der Waals surface area contributed by atoms with Gasteiger partial charge in [-0.1, -0.05) is 71.4 Å². The van der Waals surface area contributed by atoms with E-state index in [4.69, 9.17) is 4.84 Å². The summed E-state index contributed by atoms with van der Waals surface area (Å²) in [6.07, 6.45) is 1.89. The first kappa shape index (κ1) is 16.3. The van der Waals surface area contributed by atoms with E-state index in [1.807, 2.05) is 55.5 Å². The molecule has 26 heavy (non-hydrogen) atoms. The maximum Gasteiger partial charge on any atom is 0.365 e. The highest BCUT2D eigenvalue weighted by molar-refractivity contribution is 6.15. The third kappa shape index (κ3) is 3.16. The standard InChI is InChI=1S/C23H19NO2/c1-16-10-12-19(13-11-16)23(25)26-24-22-20-8-4-2-6-17(20)14-15-18-7-3-5-9-21(18)22/h2-13H,14-15H2,1H3. The fraction of sp³-hybridized carbons (Fsp3) is 0.130. The fourth-order valence-electron chi connectivity index (χ4n) is 3.28. The second-order valence-electron chi connectivity index (χ2n) is 6.50. The second-order valence-corrected chi connectivity index (χ2v) is 6.50. The molecule has 3 heteroatoms. The van der Waals surface area contributed by atoms with E-state index in [9.17, 15) is 4.79 Å². The normalized spacial score (nSPS) is 12.6. The zero-order valence-electron chi connectivity index (χ0n) is 14.6. The summed E-state index contributed by atoms with van der Waals surface area (Å²) < 4.78 is 0. The van der Waals surface area contributed by atoms with E-state index in [0.717, 1.165) is 29.5 Å². The molecule has 0 aliphatic heterocycles. The van der Waals surface area contributed by atoms with Crippen molar-refractivity contribution in [2.75, 3.05) is 0 Å². The Bertz CT molecular complexity index is 938. The van der Waals surface area contributed by atoms with Crippen LogP contribution in [0.4, 0.5) is 0 Å². The highest BCUT2D eigenvalue weighted by Gasteiger charge is 2.20. The molecule has 3 aromatic carbocycles. The molecule has 0 saturated carbocycles. The molecule has 1 aliphatic carbocycles. The van der Waals surface area contributed by atoms with E-state index < -0.39 is 5.97 Å². The summed E-state index contributed by atoms with van der Waals surface area (Å²) in [5, 5.41) is 4.29. The van der Waals surface area contributed by atoms with Crippen LogP contribution in [0.2, 0.25) is 0 Å². The van der Waals surface area contributed by atoms with Gasteiger partial charge in [0.25, 0.3) is 0 Å². The van der Waals surface area contributed by atoms with Gasteiger partial charge in [-0.25, -0.2) is 4.79 Å². The Balaban J connectivity index is 1.73. The van der Waals surface area contributed by atoms with E-state index in [1.165, 1.54) is 11.1 Å². The predicted molar refractivity (Wildman–Crippen MR) is 103 cm³/mol. The fourth-order valence-corrected chi connectivity index (χ4v) is 3.28. The van der Waals surface area contributed by atoms with Crippen LogP contribution in [0, 0.1) is 6.92 Å². The molecule has 4 rings (SSSR count). The zero-order chi connectivity index (χ0) is 17.9. The molecule has 0 bridgehead atoms. The maximum absolute atomic E-state index is 12.4. The van der Waals surface area contributed by atoms with Gasteiger partial charge in [-0.05, 0) is 43.0 Å². The lowest BCUT2D eigenvalue weighted by Crippen LogP contribution is -2.09. The average molecular weight is 341 g/mol. The van der Waals surface area contributed by atoms with Crippen molar-refractivity contribution in [3.8, 4) is 0 Å². The molecular formula is C23H19NO2. The summed E-state index contributed by atoms with van der Waals surface area (Å²) in [4.78, 5) is 17.7. The van der Waals surface area contributed by atoms with E-state index >= 15 is 0 Å². The Labute approximate surface area is 152 Å². The van der Waals surface area contributed by atoms with E-state index in [2.05, 4.69) is 17.3 Å². The van der Waals surface area contributed by atoms with E-state index in [1.54, 1.807) is 12.1 Å². The monoisotopic (exact) mass is 341 g/mol. The van der Waals surface area contributed by atoms with Gasteiger partial charge < -0.3 is 4.84 Å². The Morgan fingerprint density at radius 2 is 1.35 bits per heavy atom. The van der Waals surface area contributed by atoms with Crippen molar-refractivity contribution in [1.82, 2.24) is 0 Å². The first-order chi connectivity index (χ1) is 12.7. The lowest BCUT2D eigenvalue weighted by atomic mass is 9.98. The van der Waals surface area contributed by atoms with E-state index in [-0.39, 0.29) is 0 Å². The summed E-state index contributed by atoms with van der Waals surface area (Å²) in [6.45, 7) is 1.98. The van der Waals surface area contributed by atoms with Crippen molar-refractivity contribution in [1.29, 1.82) is 0 Å². The number of benzene rings is 3. The predicted octanol–water partition coefficient (Wildman–Crippen LogP) is 4.70. The Kier molecular flexibility index (Phi) is 4.36. The number of carbonyl (C=O) groups is 1. The van der Waals surface area contributed by atoms with Crippen molar-refractivity contribution < 1.29 is 9.63 Å². The number of aryl methyl sites for hydroxylation is 3. The minimum Gasteiger partial charge on any atom is -0.312 e. The number of nitrogens with zero attached hydrogens (tertiary/aromatic N) is 1. The van der Waals surface area contributed by atoms with Crippen LogP contribution >= 0.6 is 0 Å². The molecule has 3 nitrogen and oxygen atoms in total. The minimum absolute atomic E-state index is 0.447. The SMILES string of the molecule is Cc1ccc(C(=O)ON=C2c3ccccc3CCc3ccccc32)cc1. The average Bonchev–Trinajstić information content (AvgIpc) is 2.84. The van der Waals surface area contributed by atoms with Gasteiger partial charge in [0.1, 0.15) is 5.71 Å². The van der Waals surface area contributed by atoms with Crippen LogP contribution in [-0.4, -0.2) is 11.7 Å². The summed E-state index contributed by atoms with van der Waals surface area (Å²) in [5.74, 6) is -0.447. The summed E-state index contributed by atoms with van der Waals surface area (Å²) >= 11 is 0. The Morgan fingerprint density at radius 3 is 1.92 bits per heavy atom. The molecule has 3 aromatic rings. The summed E-state index contributed by atoms with van der Waals surface area (Å²) in [7, 11) is 0. The highest BCUT2D eigenvalue weighted by atomic mass is 16.7. The van der Waals surface area contributed by atoms with Crippen molar-refractivity contribution >= 4 is 11.7 Å². The molecule has 0 aromatic heterocycles. The summed E-state index contributed by atoms with van der Waals surface area (Å²) in [5.41, 5.74) is 6.79. The molecule has 0 N–H and O–H groups in total. The molecule has 0 saturated heterocycles. The van der Waals surface area contributed by atoms with Crippen molar-refractivity contribution in [2.45, 2.75) is 19.8 Å². The number of hydrogen-bond donors (Lipinski definition) is 0. The number of hydrogen-bond acceptors (Lipinski definition) is 3. The molecular weight excluding hydrogens is 322 g/mol. The topological polar surface area (TPSA) is 38.7 Å². The Hall–Kier alpha value is -3.20. The molecule has 1 aliphatic rings. The minimum atomic E-state index is -0.447. The molecule has 0 radical (unpaired) electrons. The first-order valence-electron chi connectivity index (χ1n) is 8.75. The van der Waals surface area contributed by atoms with Gasteiger partial charge in [0.05, 0.1) is 5.56 Å². The number of fused-ring (bicyclic) bond motifs is 2. The van der Waals surface area contributed by atoms with Crippen LogP contribution in [0.5, 0.6) is 0 Å². The molecule has 0 atom stereocenters. The second kappa shape index (κ2) is 6.96. The third-order valence-corrected chi connectivity index (χ3v) is 4.72. The van der Waals surface area contributed by atoms with E-state index in [0.29, 0.717) is 11.3 Å². The van der Waals surface area contributed by atoms with Gasteiger partial charge in [-0.2, -0.15) is 0 Å². The Morgan fingerprint density at radius 1 is 0.808 bits per heavy atom. The maximum atomic E-state index is 12.4. The van der Waals surface area contributed by atoms with Crippen molar-refractivity contribution in [3.63, 3.8) is 0 Å². The highest BCUT2D eigenvalue weighted by Crippen LogP contribution is 2.25. The smallest absolute Gasteiger partial charge is 0.312 e. The molecule has 128 valence electrons. The summed E-state index contributed by atoms with van der Waals surface area (Å²) in [6, 6.07) is 23.6. The van der Waals surface area contributed by atoms with Gasteiger partial charge in [0, 0.05) is 11.1 Å². The lowest BCUT2D eigenvalue weighted by Gasteiger charge is -2.09. The van der Waals surface area contributed by atoms with Crippen LogP contribution in [0.25, 0.3) is 0 Å². The van der Waals surface area contributed by atoms with Crippen molar-refractivity contribution in [2.24, 2.45) is 5.16 Å². The molecule has 0 amide bonds. The van der Waals surface area contributed by atoms with Crippen molar-refractivity contribution in [3.05, 3.63) is 106 Å². The molecule has 0 spiro atoms. The number of carbonyl (C=O) groups excluding carboxylic acids is 1. The van der Waals surface area contributed by atoms with Crippen LogP contribution in [0.15, 0.2) is 78.0 Å². The lowest BCUT2D eigenvalue weighted by molar-refractivity contribution is 0.0517. The first-order valence-corrected chi connectivity index (χ1v) is 8.75. The third-order valence-electron chi connectivity index (χ3n) is 4.72. The largest absolute Gasteiger partial charge is 0.365 e. The van der Waals surface area contributed by atoms with Gasteiger partial charge in [-0.15, -0.1) is 0 Å². The molecule has 0 fully saturated rings. The van der Waals surface area contributed by atoms with Crippen LogP contribution in [0.1, 0.15) is 38.2 Å². The van der Waals surface area contributed by atoms with Gasteiger partial charge in [0.2, 0.25) is 0 Å². The van der Waals surface area contributed by atoms with Crippen LogP contribution < -0.4 is 0 Å². The quantitative estimate of drug-likeness (QED) is 0.500. The number of oxime groups is 1. The number of rotatable bonds is 2. The molecule has 0 heterocycles. The van der Waals surface area contributed by atoms with Gasteiger partial charge in [0.15, 0.2) is 0 Å². The van der Waals surface area contributed by atoms with Gasteiger partial charge >= 0.3 is 5.97 Å². The zero-order valence-corrected chi connectivity index (χ0v) is 14.6. The van der Waals surface area contributed by atoms with Crippen LogP contribution in [-0.2, 0) is 17.7 Å². The molecule has 0 unspecified atom stereocenters.